The van der Waals surface area contributed by atoms with Gasteiger partial charge in [0.15, 0.2) is 0 Å². The summed E-state index contributed by atoms with van der Waals surface area (Å²) >= 11 is 0. The van der Waals surface area contributed by atoms with Gasteiger partial charge in [-0.2, -0.15) is 0 Å². The maximum Gasteiger partial charge on any atom is 0.122 e. The Morgan fingerprint density at radius 2 is 2.07 bits per heavy atom. The lowest BCUT2D eigenvalue weighted by Gasteiger charge is -2.05. The Labute approximate surface area is 84.9 Å². The Balaban J connectivity index is 2.13. The molecule has 0 N–H and O–H groups in total. The summed E-state index contributed by atoms with van der Waals surface area (Å²) < 4.78 is 5.43. The van der Waals surface area contributed by atoms with E-state index in [0.717, 1.165) is 12.7 Å². The first kappa shape index (κ1) is 10.9. The quantitative estimate of drug-likeness (QED) is 0.511. The van der Waals surface area contributed by atoms with Crippen LogP contribution in [0.4, 0.5) is 0 Å². The van der Waals surface area contributed by atoms with Crippen LogP contribution in [0.3, 0.4) is 0 Å². The Kier molecular flexibility index (Phi) is 4.94. The van der Waals surface area contributed by atoms with E-state index in [4.69, 9.17) is 4.74 Å². The lowest BCUT2D eigenvalue weighted by Crippen LogP contribution is -2.02. The minimum Gasteiger partial charge on any atom is -0.377 e. The van der Waals surface area contributed by atoms with Crippen LogP contribution in [0.15, 0.2) is 30.3 Å². The van der Waals surface area contributed by atoms with Crippen molar-refractivity contribution in [1.82, 2.24) is 0 Å². The molecule has 2 nitrogen and oxygen atoms in total. The van der Waals surface area contributed by atoms with Crippen molar-refractivity contribution < 1.29 is 9.53 Å². The molecule has 0 fully saturated rings. The van der Waals surface area contributed by atoms with Gasteiger partial charge in [-0.3, -0.25) is 0 Å². The van der Waals surface area contributed by atoms with Crippen LogP contribution in [0.1, 0.15) is 18.9 Å². The number of ether oxygens (including phenoxy) is 1. The molecule has 0 amide bonds. The molecule has 0 saturated carbocycles. The number of hydrogen-bond donors (Lipinski definition) is 0. The molecule has 0 aromatic heterocycles. The maximum atomic E-state index is 10.3. The highest BCUT2D eigenvalue weighted by atomic mass is 16.5. The van der Waals surface area contributed by atoms with E-state index in [9.17, 15) is 4.79 Å². The van der Waals surface area contributed by atoms with Gasteiger partial charge in [0.1, 0.15) is 6.29 Å². The SMILES string of the molecule is C[C@@H](C=O)CCOCc1ccccc1. The maximum absolute atomic E-state index is 10.3. The first-order chi connectivity index (χ1) is 6.83. The third-order valence-corrected chi connectivity index (χ3v) is 2.06. The van der Waals surface area contributed by atoms with Crippen molar-refractivity contribution in [3.8, 4) is 0 Å². The molecule has 0 aliphatic carbocycles. The van der Waals surface area contributed by atoms with E-state index in [1.165, 1.54) is 5.56 Å². The molecule has 1 aromatic rings. The number of carbonyl (C=O) groups is 1. The van der Waals surface area contributed by atoms with Gasteiger partial charge in [0.25, 0.3) is 0 Å². The highest BCUT2D eigenvalue weighted by molar-refractivity contribution is 5.52. The van der Waals surface area contributed by atoms with Crippen molar-refractivity contribution in [2.75, 3.05) is 6.61 Å². The van der Waals surface area contributed by atoms with E-state index >= 15 is 0 Å². The smallest absolute Gasteiger partial charge is 0.122 e. The number of hydrogen-bond acceptors (Lipinski definition) is 2. The zero-order valence-electron chi connectivity index (χ0n) is 8.48. The fraction of sp³-hybridized carbons (Fsp3) is 0.417. The number of carbonyl (C=O) groups excluding carboxylic acids is 1. The molecule has 0 heterocycles. The van der Waals surface area contributed by atoms with Crippen LogP contribution < -0.4 is 0 Å². The van der Waals surface area contributed by atoms with E-state index in [1.54, 1.807) is 0 Å². The zero-order valence-corrected chi connectivity index (χ0v) is 8.48. The number of rotatable bonds is 6. The van der Waals surface area contributed by atoms with E-state index in [1.807, 2.05) is 37.3 Å². The van der Waals surface area contributed by atoms with Crippen molar-refractivity contribution in [1.29, 1.82) is 0 Å². The monoisotopic (exact) mass is 192 g/mol. The molecule has 2 heteroatoms. The first-order valence-electron chi connectivity index (χ1n) is 4.90. The second-order valence-electron chi connectivity index (χ2n) is 3.44. The normalized spacial score (nSPS) is 12.4. The average Bonchev–Trinajstić information content (AvgIpc) is 2.25. The first-order valence-corrected chi connectivity index (χ1v) is 4.90. The second kappa shape index (κ2) is 6.33. The summed E-state index contributed by atoms with van der Waals surface area (Å²) in [6.07, 6.45) is 1.77. The minimum atomic E-state index is 0.103. The summed E-state index contributed by atoms with van der Waals surface area (Å²) in [5, 5.41) is 0. The van der Waals surface area contributed by atoms with E-state index < -0.39 is 0 Å². The topological polar surface area (TPSA) is 26.3 Å². The Morgan fingerprint density at radius 3 is 2.71 bits per heavy atom. The van der Waals surface area contributed by atoms with Gasteiger partial charge in [-0.15, -0.1) is 0 Å². The van der Waals surface area contributed by atoms with Crippen LogP contribution >= 0.6 is 0 Å². The summed E-state index contributed by atoms with van der Waals surface area (Å²) in [4.78, 5) is 10.3. The molecule has 0 radical (unpaired) electrons. The van der Waals surface area contributed by atoms with E-state index in [2.05, 4.69) is 0 Å². The van der Waals surface area contributed by atoms with Crippen LogP contribution in [0.25, 0.3) is 0 Å². The van der Waals surface area contributed by atoms with Gasteiger partial charge >= 0.3 is 0 Å². The average molecular weight is 192 g/mol. The molecule has 0 saturated heterocycles. The molecular formula is C12H16O2. The Morgan fingerprint density at radius 1 is 1.36 bits per heavy atom. The van der Waals surface area contributed by atoms with Gasteiger partial charge in [0.2, 0.25) is 0 Å². The third-order valence-electron chi connectivity index (χ3n) is 2.06. The van der Waals surface area contributed by atoms with Crippen molar-refractivity contribution >= 4 is 6.29 Å². The standard InChI is InChI=1S/C12H16O2/c1-11(9-13)7-8-14-10-12-5-3-2-4-6-12/h2-6,9,11H,7-8,10H2,1H3/t11-/m1/s1. The van der Waals surface area contributed by atoms with Crippen molar-refractivity contribution in [3.05, 3.63) is 35.9 Å². The van der Waals surface area contributed by atoms with Crippen LogP contribution in [-0.4, -0.2) is 12.9 Å². The summed E-state index contributed by atoms with van der Waals surface area (Å²) in [5.41, 5.74) is 1.17. The Hall–Kier alpha value is -1.15. The molecule has 0 aliphatic rings. The zero-order chi connectivity index (χ0) is 10.2. The van der Waals surface area contributed by atoms with Gasteiger partial charge in [0.05, 0.1) is 6.61 Å². The third kappa shape index (κ3) is 4.19. The molecule has 76 valence electrons. The minimum absolute atomic E-state index is 0.103. The number of aldehydes is 1. The summed E-state index contributed by atoms with van der Waals surface area (Å²) in [6, 6.07) is 10.0. The van der Waals surface area contributed by atoms with Crippen LogP contribution in [0.5, 0.6) is 0 Å². The molecule has 0 bridgehead atoms. The van der Waals surface area contributed by atoms with Crippen molar-refractivity contribution in [2.45, 2.75) is 20.0 Å². The molecular weight excluding hydrogens is 176 g/mol. The molecule has 1 atom stereocenters. The highest BCUT2D eigenvalue weighted by Gasteiger charge is 1.98. The van der Waals surface area contributed by atoms with Gasteiger partial charge in [-0.05, 0) is 12.0 Å². The van der Waals surface area contributed by atoms with Crippen LogP contribution in [0.2, 0.25) is 0 Å². The lowest BCUT2D eigenvalue weighted by atomic mass is 10.1. The summed E-state index contributed by atoms with van der Waals surface area (Å²) in [7, 11) is 0. The van der Waals surface area contributed by atoms with E-state index in [0.29, 0.717) is 13.2 Å². The van der Waals surface area contributed by atoms with Crippen molar-refractivity contribution in [3.63, 3.8) is 0 Å². The molecule has 0 aliphatic heterocycles. The summed E-state index contributed by atoms with van der Waals surface area (Å²) in [5.74, 6) is 0.103. The predicted octanol–water partition coefficient (Wildman–Crippen LogP) is 2.43. The largest absolute Gasteiger partial charge is 0.377 e. The van der Waals surface area contributed by atoms with Crippen LogP contribution in [0, 0.1) is 5.92 Å². The van der Waals surface area contributed by atoms with Gasteiger partial charge < -0.3 is 9.53 Å². The lowest BCUT2D eigenvalue weighted by molar-refractivity contribution is -0.111. The highest BCUT2D eigenvalue weighted by Crippen LogP contribution is 2.03. The fourth-order valence-corrected chi connectivity index (χ4v) is 1.10. The second-order valence-corrected chi connectivity index (χ2v) is 3.44. The van der Waals surface area contributed by atoms with Gasteiger partial charge in [-0.1, -0.05) is 37.3 Å². The molecule has 0 spiro atoms. The van der Waals surface area contributed by atoms with Crippen LogP contribution in [-0.2, 0) is 16.1 Å². The molecule has 1 aromatic carbocycles. The Bertz CT molecular complexity index is 256. The van der Waals surface area contributed by atoms with Crippen molar-refractivity contribution in [2.24, 2.45) is 5.92 Å². The molecule has 0 unspecified atom stereocenters. The number of benzene rings is 1. The van der Waals surface area contributed by atoms with Gasteiger partial charge in [0, 0.05) is 12.5 Å². The molecule has 1 rings (SSSR count). The summed E-state index contributed by atoms with van der Waals surface area (Å²) in [6.45, 7) is 3.18. The fourth-order valence-electron chi connectivity index (χ4n) is 1.10. The van der Waals surface area contributed by atoms with E-state index in [-0.39, 0.29) is 5.92 Å². The molecule has 14 heavy (non-hydrogen) atoms. The predicted molar refractivity (Wildman–Crippen MR) is 55.9 cm³/mol. The van der Waals surface area contributed by atoms with Gasteiger partial charge in [-0.25, -0.2) is 0 Å².